The lowest BCUT2D eigenvalue weighted by molar-refractivity contribution is 0.481. The normalized spacial score (nSPS) is 15.6. The van der Waals surface area contributed by atoms with Gasteiger partial charge in [0.25, 0.3) is 0 Å². The first-order valence-corrected chi connectivity index (χ1v) is 4.58. The van der Waals surface area contributed by atoms with Crippen molar-refractivity contribution in [3.63, 3.8) is 0 Å². The topological polar surface area (TPSA) is 43.1 Å². The molecule has 0 radical (unpaired) electrons. The molecule has 0 spiro atoms. The molecule has 0 aromatic carbocycles. The molecule has 1 unspecified atom stereocenters. The summed E-state index contributed by atoms with van der Waals surface area (Å²) in [7, 11) is -1.22. The van der Waals surface area contributed by atoms with Crippen LogP contribution >= 0.6 is 11.6 Å². The van der Waals surface area contributed by atoms with E-state index in [1.54, 1.807) is 0 Å². The largest absolute Gasteiger partial charge is 0.252 e. The maximum atomic E-state index is 10.4. The van der Waals surface area contributed by atoms with Crippen molar-refractivity contribution in [1.29, 1.82) is 0 Å². The van der Waals surface area contributed by atoms with Crippen LogP contribution in [-0.4, -0.2) is 15.8 Å². The van der Waals surface area contributed by atoms with Crippen LogP contribution in [0.4, 0.5) is 0 Å². The van der Waals surface area contributed by atoms with Crippen molar-refractivity contribution in [3.8, 4) is 0 Å². The lowest BCUT2D eigenvalue weighted by atomic mass is 10.0. The van der Waals surface area contributed by atoms with Gasteiger partial charge in [0.1, 0.15) is 0 Å². The third-order valence-corrected chi connectivity index (χ3v) is 2.68. The first kappa shape index (κ1) is 9.40. The average Bonchev–Trinajstić information content (AvgIpc) is 1.63. The number of nitrogens with two attached hydrogens (primary N) is 1. The molecular weight excluding hydrogens is 158 g/mol. The maximum absolute atomic E-state index is 10.4. The summed E-state index contributed by atoms with van der Waals surface area (Å²) in [5.41, 5.74) is -0.0961. The van der Waals surface area contributed by atoms with Crippen LogP contribution in [0.15, 0.2) is 0 Å². The summed E-state index contributed by atoms with van der Waals surface area (Å²) in [4.78, 5) is 0. The second-order valence-corrected chi connectivity index (χ2v) is 4.14. The van der Waals surface area contributed by atoms with E-state index in [0.717, 1.165) is 0 Å². The highest BCUT2D eigenvalue weighted by Crippen LogP contribution is 2.16. The van der Waals surface area contributed by atoms with Gasteiger partial charge < -0.3 is 0 Å². The van der Waals surface area contributed by atoms with Crippen LogP contribution < -0.4 is 5.14 Å². The first-order valence-electron chi connectivity index (χ1n) is 2.67. The van der Waals surface area contributed by atoms with E-state index in [9.17, 15) is 4.21 Å². The number of halogens is 1. The van der Waals surface area contributed by atoms with Gasteiger partial charge in [-0.2, -0.15) is 0 Å². The van der Waals surface area contributed by atoms with Crippen LogP contribution in [0.25, 0.3) is 0 Å². The van der Waals surface area contributed by atoms with Crippen LogP contribution in [0.1, 0.15) is 13.8 Å². The average molecular weight is 170 g/mol. The van der Waals surface area contributed by atoms with Crippen LogP contribution in [-0.2, 0) is 11.0 Å². The summed E-state index contributed by atoms with van der Waals surface area (Å²) < 4.78 is 10.4. The van der Waals surface area contributed by atoms with Crippen molar-refractivity contribution in [3.05, 3.63) is 0 Å². The minimum Gasteiger partial charge on any atom is -0.252 e. The van der Waals surface area contributed by atoms with E-state index < -0.39 is 11.0 Å². The Morgan fingerprint density at radius 3 is 2.22 bits per heavy atom. The van der Waals surface area contributed by atoms with Gasteiger partial charge in [-0.3, -0.25) is 5.14 Å². The molecule has 0 aliphatic rings. The van der Waals surface area contributed by atoms with Gasteiger partial charge in [0.05, 0.1) is 11.0 Å². The lowest BCUT2D eigenvalue weighted by Crippen LogP contribution is -2.25. The molecule has 0 bridgehead atoms. The van der Waals surface area contributed by atoms with E-state index >= 15 is 0 Å². The molecule has 0 aliphatic carbocycles. The zero-order valence-corrected chi connectivity index (χ0v) is 7.26. The van der Waals surface area contributed by atoms with E-state index in [-0.39, 0.29) is 5.41 Å². The molecule has 0 heterocycles. The van der Waals surface area contributed by atoms with E-state index in [4.69, 9.17) is 16.7 Å². The van der Waals surface area contributed by atoms with Crippen molar-refractivity contribution < 1.29 is 4.21 Å². The van der Waals surface area contributed by atoms with Crippen molar-refractivity contribution in [1.82, 2.24) is 0 Å². The molecule has 2 N–H and O–H groups in total. The third kappa shape index (κ3) is 4.88. The monoisotopic (exact) mass is 169 g/mol. The summed E-state index contributed by atoms with van der Waals surface area (Å²) in [6.07, 6.45) is 0. The van der Waals surface area contributed by atoms with Gasteiger partial charge in [0, 0.05) is 11.6 Å². The SMILES string of the molecule is CC(C)(CCl)CS(N)=O. The molecule has 0 saturated carbocycles. The fourth-order valence-electron chi connectivity index (χ4n) is 0.424. The molecule has 0 aliphatic heterocycles. The quantitative estimate of drug-likeness (QED) is 0.627. The molecule has 2 nitrogen and oxygen atoms in total. The van der Waals surface area contributed by atoms with Crippen LogP contribution in [0, 0.1) is 5.41 Å². The third-order valence-electron chi connectivity index (χ3n) is 0.895. The molecule has 0 amide bonds. The lowest BCUT2D eigenvalue weighted by Gasteiger charge is -2.18. The fourth-order valence-corrected chi connectivity index (χ4v) is 1.50. The van der Waals surface area contributed by atoms with Crippen LogP contribution in [0.2, 0.25) is 0 Å². The summed E-state index contributed by atoms with van der Waals surface area (Å²) >= 11 is 5.55. The van der Waals surface area contributed by atoms with Gasteiger partial charge in [-0.05, 0) is 5.41 Å². The standard InChI is InChI=1S/C5H12ClNOS/c1-5(2,3-6)4-9(7)8/h3-4,7H2,1-2H3. The summed E-state index contributed by atoms with van der Waals surface area (Å²) in [5.74, 6) is 0.965. The number of hydrogen-bond acceptors (Lipinski definition) is 1. The molecular formula is C5H12ClNOS. The Bertz CT molecular complexity index is 116. The Kier molecular flexibility index (Phi) is 3.70. The number of hydrogen-bond donors (Lipinski definition) is 1. The van der Waals surface area contributed by atoms with Gasteiger partial charge in [-0.25, -0.2) is 4.21 Å². The van der Waals surface area contributed by atoms with Crippen LogP contribution in [0.5, 0.6) is 0 Å². The predicted molar refractivity (Wildman–Crippen MR) is 41.7 cm³/mol. The zero-order chi connectivity index (χ0) is 7.49. The highest BCUT2D eigenvalue weighted by Gasteiger charge is 2.17. The Morgan fingerprint density at radius 1 is 1.67 bits per heavy atom. The Morgan fingerprint density at radius 2 is 2.11 bits per heavy atom. The molecule has 1 atom stereocenters. The molecule has 0 aromatic heterocycles. The summed E-state index contributed by atoms with van der Waals surface area (Å²) in [5, 5.41) is 5.07. The maximum Gasteiger partial charge on any atom is 0.0893 e. The number of alkyl halides is 1. The van der Waals surface area contributed by atoms with Crippen molar-refractivity contribution in [2.75, 3.05) is 11.6 Å². The highest BCUT2D eigenvalue weighted by atomic mass is 35.5. The highest BCUT2D eigenvalue weighted by molar-refractivity contribution is 7.82. The van der Waals surface area contributed by atoms with E-state index in [0.29, 0.717) is 11.6 Å². The Hall–Kier alpha value is 0.400. The van der Waals surface area contributed by atoms with Crippen molar-refractivity contribution >= 4 is 22.6 Å². The van der Waals surface area contributed by atoms with E-state index in [1.807, 2.05) is 13.8 Å². The van der Waals surface area contributed by atoms with Crippen LogP contribution in [0.3, 0.4) is 0 Å². The van der Waals surface area contributed by atoms with Crippen molar-refractivity contribution in [2.45, 2.75) is 13.8 Å². The fraction of sp³-hybridized carbons (Fsp3) is 1.00. The molecule has 0 aromatic rings. The predicted octanol–water partition coefficient (Wildman–Crippen LogP) is 0.874. The Labute approximate surface area is 63.4 Å². The zero-order valence-electron chi connectivity index (χ0n) is 5.69. The van der Waals surface area contributed by atoms with Gasteiger partial charge in [-0.15, -0.1) is 11.6 Å². The Balaban J connectivity index is 3.71. The minimum absolute atomic E-state index is 0.0961. The molecule has 9 heavy (non-hydrogen) atoms. The molecule has 0 saturated heterocycles. The summed E-state index contributed by atoms with van der Waals surface area (Å²) in [6, 6.07) is 0. The minimum atomic E-state index is -1.22. The van der Waals surface area contributed by atoms with E-state index in [2.05, 4.69) is 0 Å². The summed E-state index contributed by atoms with van der Waals surface area (Å²) in [6.45, 7) is 3.87. The van der Waals surface area contributed by atoms with Gasteiger partial charge in [0.15, 0.2) is 0 Å². The smallest absolute Gasteiger partial charge is 0.0893 e. The second kappa shape index (κ2) is 3.54. The molecule has 56 valence electrons. The van der Waals surface area contributed by atoms with Crippen molar-refractivity contribution in [2.24, 2.45) is 10.6 Å². The molecule has 0 rings (SSSR count). The number of rotatable bonds is 3. The molecule has 0 fully saturated rings. The van der Waals surface area contributed by atoms with Gasteiger partial charge >= 0.3 is 0 Å². The van der Waals surface area contributed by atoms with Gasteiger partial charge in [0.2, 0.25) is 0 Å². The van der Waals surface area contributed by atoms with Gasteiger partial charge in [-0.1, -0.05) is 13.8 Å². The first-order chi connectivity index (χ1) is 3.98. The second-order valence-electron chi connectivity index (χ2n) is 2.82. The molecule has 4 heteroatoms. The van der Waals surface area contributed by atoms with E-state index in [1.165, 1.54) is 0 Å².